The molecule has 2 aromatic heterocycles. The molecule has 0 aromatic carbocycles. The predicted octanol–water partition coefficient (Wildman–Crippen LogP) is 1.36. The molecule has 0 bridgehead atoms. The number of nitrogens with zero attached hydrogens (tertiary/aromatic N) is 3. The van der Waals surface area contributed by atoms with Crippen molar-refractivity contribution >= 4 is 5.82 Å². The summed E-state index contributed by atoms with van der Waals surface area (Å²) in [4.78, 5) is 18.1. The summed E-state index contributed by atoms with van der Waals surface area (Å²) in [6.45, 7) is 3.49. The van der Waals surface area contributed by atoms with E-state index in [1.54, 1.807) is 17.8 Å². The van der Waals surface area contributed by atoms with E-state index in [2.05, 4.69) is 9.88 Å². The van der Waals surface area contributed by atoms with Crippen LogP contribution in [0.25, 0.3) is 0 Å². The molecule has 1 aliphatic heterocycles. The molecule has 20 heavy (non-hydrogen) atoms. The molecular formula is C15H17N3O2. The van der Waals surface area contributed by atoms with E-state index >= 15 is 0 Å². The van der Waals surface area contributed by atoms with Gasteiger partial charge in [-0.15, -0.1) is 0 Å². The largest absolute Gasteiger partial charge is 0.486 e. The van der Waals surface area contributed by atoms with Crippen molar-refractivity contribution < 1.29 is 4.74 Å². The van der Waals surface area contributed by atoms with Crippen LogP contribution in [0.4, 0.5) is 5.82 Å². The Hall–Kier alpha value is -2.30. The smallest absolute Gasteiger partial charge is 0.254 e. The Balaban J connectivity index is 1.63. The SMILES string of the molecule is Cc1cc(OC2CN(c3ccccn3)C2)cc(=O)n1C. The topological polar surface area (TPSA) is 47.4 Å². The molecule has 0 radical (unpaired) electrons. The van der Waals surface area contributed by atoms with Gasteiger partial charge in [-0.3, -0.25) is 4.79 Å². The molecule has 0 unspecified atom stereocenters. The van der Waals surface area contributed by atoms with Crippen LogP contribution >= 0.6 is 0 Å². The number of aryl methyl sites for hydroxylation is 1. The maximum Gasteiger partial charge on any atom is 0.254 e. The third-order valence-corrected chi connectivity index (χ3v) is 3.60. The number of ether oxygens (including phenoxy) is 1. The Kier molecular flexibility index (Phi) is 3.18. The van der Waals surface area contributed by atoms with Gasteiger partial charge in [0.25, 0.3) is 5.56 Å². The molecule has 0 N–H and O–H groups in total. The highest BCUT2D eigenvalue weighted by atomic mass is 16.5. The van der Waals surface area contributed by atoms with Crippen molar-refractivity contribution in [3.63, 3.8) is 0 Å². The Morgan fingerprint density at radius 1 is 1.30 bits per heavy atom. The van der Waals surface area contributed by atoms with Crippen molar-refractivity contribution in [1.29, 1.82) is 0 Å². The molecule has 0 saturated carbocycles. The van der Waals surface area contributed by atoms with Gasteiger partial charge in [0.05, 0.1) is 13.1 Å². The highest BCUT2D eigenvalue weighted by Gasteiger charge is 2.29. The van der Waals surface area contributed by atoms with Gasteiger partial charge in [-0.05, 0) is 25.1 Å². The highest BCUT2D eigenvalue weighted by Crippen LogP contribution is 2.21. The summed E-state index contributed by atoms with van der Waals surface area (Å²) in [6.07, 6.45) is 1.90. The molecule has 1 aliphatic rings. The lowest BCUT2D eigenvalue weighted by atomic mass is 10.1. The number of hydrogen-bond acceptors (Lipinski definition) is 4. The zero-order chi connectivity index (χ0) is 14.1. The summed E-state index contributed by atoms with van der Waals surface area (Å²) in [5, 5.41) is 0. The molecule has 5 heteroatoms. The van der Waals surface area contributed by atoms with Gasteiger partial charge in [0, 0.05) is 25.0 Å². The fourth-order valence-corrected chi connectivity index (χ4v) is 2.24. The zero-order valence-electron chi connectivity index (χ0n) is 11.6. The van der Waals surface area contributed by atoms with E-state index in [1.165, 1.54) is 6.07 Å². The predicted molar refractivity (Wildman–Crippen MR) is 77.3 cm³/mol. The molecule has 0 atom stereocenters. The first-order valence-corrected chi connectivity index (χ1v) is 6.64. The van der Waals surface area contributed by atoms with Gasteiger partial charge in [0.1, 0.15) is 17.7 Å². The minimum Gasteiger partial charge on any atom is -0.486 e. The standard InChI is InChI=1S/C15H17N3O2/c1-11-7-12(8-15(19)17(11)2)20-13-9-18(10-13)14-5-3-4-6-16-14/h3-8,13H,9-10H2,1-2H3. The molecule has 3 heterocycles. The van der Waals surface area contributed by atoms with Crippen LogP contribution in [0, 0.1) is 6.92 Å². The first-order chi connectivity index (χ1) is 9.63. The monoisotopic (exact) mass is 271 g/mol. The Morgan fingerprint density at radius 3 is 2.75 bits per heavy atom. The van der Waals surface area contributed by atoms with E-state index in [0.717, 1.165) is 24.6 Å². The third-order valence-electron chi connectivity index (χ3n) is 3.60. The van der Waals surface area contributed by atoms with Gasteiger partial charge >= 0.3 is 0 Å². The zero-order valence-corrected chi connectivity index (χ0v) is 11.6. The average molecular weight is 271 g/mol. The van der Waals surface area contributed by atoms with Crippen molar-refractivity contribution in [2.45, 2.75) is 13.0 Å². The van der Waals surface area contributed by atoms with Crippen molar-refractivity contribution in [3.8, 4) is 5.75 Å². The summed E-state index contributed by atoms with van der Waals surface area (Å²) in [7, 11) is 1.76. The van der Waals surface area contributed by atoms with Gasteiger partial charge in [-0.1, -0.05) is 6.07 Å². The molecule has 0 aliphatic carbocycles. The second-order valence-corrected chi connectivity index (χ2v) is 5.06. The molecule has 5 nitrogen and oxygen atoms in total. The summed E-state index contributed by atoms with van der Waals surface area (Å²) in [5.74, 6) is 1.61. The van der Waals surface area contributed by atoms with Crippen molar-refractivity contribution in [3.05, 3.63) is 52.6 Å². The lowest BCUT2D eigenvalue weighted by Gasteiger charge is -2.39. The van der Waals surface area contributed by atoms with Crippen LogP contribution in [0.1, 0.15) is 5.69 Å². The van der Waals surface area contributed by atoms with Crippen molar-refractivity contribution in [2.24, 2.45) is 7.05 Å². The van der Waals surface area contributed by atoms with Gasteiger partial charge in [-0.25, -0.2) is 4.98 Å². The number of aromatic nitrogens is 2. The fraction of sp³-hybridized carbons (Fsp3) is 0.333. The summed E-state index contributed by atoms with van der Waals surface area (Å²) in [5.41, 5.74) is 0.856. The average Bonchev–Trinajstić information content (AvgIpc) is 2.40. The van der Waals surface area contributed by atoms with E-state index in [-0.39, 0.29) is 11.7 Å². The number of pyridine rings is 2. The first-order valence-electron chi connectivity index (χ1n) is 6.64. The lowest BCUT2D eigenvalue weighted by molar-refractivity contribution is 0.166. The van der Waals surface area contributed by atoms with E-state index in [1.807, 2.05) is 31.2 Å². The highest BCUT2D eigenvalue weighted by molar-refractivity contribution is 5.41. The Labute approximate surface area is 117 Å². The van der Waals surface area contributed by atoms with Crippen LogP contribution in [-0.2, 0) is 7.05 Å². The Morgan fingerprint density at radius 2 is 2.10 bits per heavy atom. The minimum absolute atomic E-state index is 0.0408. The van der Waals surface area contributed by atoms with Gasteiger partial charge in [0.2, 0.25) is 0 Å². The summed E-state index contributed by atoms with van der Waals surface area (Å²) in [6, 6.07) is 9.29. The van der Waals surface area contributed by atoms with Crippen LogP contribution in [0.5, 0.6) is 5.75 Å². The summed E-state index contributed by atoms with van der Waals surface area (Å²) >= 11 is 0. The maximum absolute atomic E-state index is 11.7. The van der Waals surface area contributed by atoms with E-state index < -0.39 is 0 Å². The molecular weight excluding hydrogens is 254 g/mol. The number of hydrogen-bond donors (Lipinski definition) is 0. The van der Waals surface area contributed by atoms with Gasteiger partial charge in [0.15, 0.2) is 0 Å². The molecule has 2 aromatic rings. The van der Waals surface area contributed by atoms with Gasteiger partial charge < -0.3 is 14.2 Å². The van der Waals surface area contributed by atoms with E-state index in [9.17, 15) is 4.79 Å². The van der Waals surface area contributed by atoms with Gasteiger partial charge in [-0.2, -0.15) is 0 Å². The van der Waals surface area contributed by atoms with E-state index in [0.29, 0.717) is 5.75 Å². The molecule has 3 rings (SSSR count). The second kappa shape index (κ2) is 5.00. The van der Waals surface area contributed by atoms with Crippen LogP contribution in [0.2, 0.25) is 0 Å². The minimum atomic E-state index is -0.0408. The van der Waals surface area contributed by atoms with Crippen LogP contribution < -0.4 is 15.2 Å². The second-order valence-electron chi connectivity index (χ2n) is 5.06. The van der Waals surface area contributed by atoms with Crippen LogP contribution in [0.15, 0.2) is 41.3 Å². The van der Waals surface area contributed by atoms with Crippen LogP contribution in [-0.4, -0.2) is 28.7 Å². The Bertz CT molecular complexity index is 661. The number of rotatable bonds is 3. The van der Waals surface area contributed by atoms with E-state index in [4.69, 9.17) is 4.74 Å². The molecule has 0 spiro atoms. The molecule has 1 saturated heterocycles. The quantitative estimate of drug-likeness (QED) is 0.845. The lowest BCUT2D eigenvalue weighted by Crippen LogP contribution is -2.54. The van der Waals surface area contributed by atoms with Crippen molar-refractivity contribution in [2.75, 3.05) is 18.0 Å². The molecule has 1 fully saturated rings. The van der Waals surface area contributed by atoms with Crippen molar-refractivity contribution in [1.82, 2.24) is 9.55 Å². The first kappa shape index (κ1) is 12.7. The molecule has 104 valence electrons. The van der Waals surface area contributed by atoms with Crippen LogP contribution in [0.3, 0.4) is 0 Å². The number of anilines is 1. The maximum atomic E-state index is 11.7. The fourth-order valence-electron chi connectivity index (χ4n) is 2.24. The molecule has 0 amide bonds. The summed E-state index contributed by atoms with van der Waals surface area (Å²) < 4.78 is 7.44. The normalized spacial score (nSPS) is 15.0. The third kappa shape index (κ3) is 2.39.